The lowest BCUT2D eigenvalue weighted by Gasteiger charge is -2.26. The summed E-state index contributed by atoms with van der Waals surface area (Å²) in [5.74, 6) is 2.97. The third-order valence-corrected chi connectivity index (χ3v) is 4.90. The molecule has 0 bridgehead atoms. The van der Waals surface area contributed by atoms with Crippen LogP contribution in [0, 0.1) is 5.92 Å². The average Bonchev–Trinajstić information content (AvgIpc) is 3.15. The molecule has 0 spiro atoms. The monoisotopic (exact) mass is 279 g/mol. The van der Waals surface area contributed by atoms with Crippen LogP contribution >= 0.6 is 0 Å². The molecule has 3 rings (SSSR count). The normalized spacial score (nSPS) is 34.5. The highest BCUT2D eigenvalue weighted by atomic mass is 16.5. The molecule has 5 nitrogen and oxygen atoms in total. The van der Waals surface area contributed by atoms with Gasteiger partial charge in [-0.05, 0) is 25.2 Å². The van der Waals surface area contributed by atoms with Crippen LogP contribution in [0.5, 0.6) is 0 Å². The van der Waals surface area contributed by atoms with Crippen LogP contribution in [0.1, 0.15) is 69.1 Å². The predicted octanol–water partition coefficient (Wildman–Crippen LogP) is 2.80. The molecule has 2 fully saturated rings. The van der Waals surface area contributed by atoms with E-state index >= 15 is 0 Å². The number of rotatable bonds is 4. The zero-order chi connectivity index (χ0) is 13.9. The van der Waals surface area contributed by atoms with E-state index in [0.717, 1.165) is 30.6 Å². The SMILES string of the molecule is CCC1CCCC(c2noc([C@H]3C[C@H](OC)CN3)n2)C1. The Bertz CT molecular complexity index is 435. The minimum atomic E-state index is 0.159. The second-order valence-corrected chi connectivity index (χ2v) is 6.18. The molecule has 1 aliphatic carbocycles. The van der Waals surface area contributed by atoms with Gasteiger partial charge in [0.1, 0.15) is 0 Å². The summed E-state index contributed by atoms with van der Waals surface area (Å²) in [7, 11) is 1.75. The van der Waals surface area contributed by atoms with E-state index in [1.165, 1.54) is 32.1 Å². The number of aromatic nitrogens is 2. The van der Waals surface area contributed by atoms with Crippen LogP contribution in [-0.2, 0) is 4.74 Å². The highest BCUT2D eigenvalue weighted by molar-refractivity contribution is 5.02. The molecule has 4 atom stereocenters. The fourth-order valence-electron chi connectivity index (χ4n) is 3.52. The Labute approximate surface area is 120 Å². The summed E-state index contributed by atoms with van der Waals surface area (Å²) in [4.78, 5) is 4.66. The van der Waals surface area contributed by atoms with Crippen LogP contribution in [0.4, 0.5) is 0 Å². The molecule has 112 valence electrons. The summed E-state index contributed by atoms with van der Waals surface area (Å²) in [6, 6.07) is 0.159. The van der Waals surface area contributed by atoms with Gasteiger partial charge in [-0.1, -0.05) is 31.3 Å². The van der Waals surface area contributed by atoms with E-state index in [2.05, 4.69) is 22.4 Å². The summed E-state index contributed by atoms with van der Waals surface area (Å²) in [6.45, 7) is 3.14. The quantitative estimate of drug-likeness (QED) is 0.918. The number of hydrogen-bond acceptors (Lipinski definition) is 5. The van der Waals surface area contributed by atoms with E-state index in [-0.39, 0.29) is 12.1 Å². The van der Waals surface area contributed by atoms with Crippen molar-refractivity contribution in [3.8, 4) is 0 Å². The van der Waals surface area contributed by atoms with Gasteiger partial charge in [0.05, 0.1) is 12.1 Å². The summed E-state index contributed by atoms with van der Waals surface area (Å²) in [5.41, 5.74) is 0. The third kappa shape index (κ3) is 2.88. The van der Waals surface area contributed by atoms with Crippen molar-refractivity contribution in [1.82, 2.24) is 15.5 Å². The average molecular weight is 279 g/mol. The van der Waals surface area contributed by atoms with Gasteiger partial charge in [-0.3, -0.25) is 0 Å². The number of nitrogens with zero attached hydrogens (tertiary/aromatic N) is 2. The van der Waals surface area contributed by atoms with Crippen LogP contribution < -0.4 is 5.32 Å². The summed E-state index contributed by atoms with van der Waals surface area (Å²) < 4.78 is 10.8. The lowest BCUT2D eigenvalue weighted by atomic mass is 9.80. The van der Waals surface area contributed by atoms with Gasteiger partial charge >= 0.3 is 0 Å². The number of methoxy groups -OCH3 is 1. The third-order valence-electron chi connectivity index (χ3n) is 4.90. The molecule has 1 saturated heterocycles. The van der Waals surface area contributed by atoms with Gasteiger partial charge in [0.2, 0.25) is 5.89 Å². The van der Waals surface area contributed by atoms with Crippen LogP contribution in [-0.4, -0.2) is 29.9 Å². The smallest absolute Gasteiger partial charge is 0.243 e. The Hall–Kier alpha value is -0.940. The van der Waals surface area contributed by atoms with Gasteiger partial charge in [0.15, 0.2) is 5.82 Å². The van der Waals surface area contributed by atoms with Gasteiger partial charge < -0.3 is 14.6 Å². The molecule has 20 heavy (non-hydrogen) atoms. The van der Waals surface area contributed by atoms with Crippen molar-refractivity contribution in [3.63, 3.8) is 0 Å². The highest BCUT2D eigenvalue weighted by Gasteiger charge is 2.31. The maximum absolute atomic E-state index is 5.48. The fourth-order valence-corrected chi connectivity index (χ4v) is 3.52. The lowest BCUT2D eigenvalue weighted by molar-refractivity contribution is 0.116. The van der Waals surface area contributed by atoms with Gasteiger partial charge in [0, 0.05) is 19.6 Å². The van der Waals surface area contributed by atoms with Crippen molar-refractivity contribution in [3.05, 3.63) is 11.7 Å². The molecule has 2 heterocycles. The molecule has 0 aromatic carbocycles. The lowest BCUT2D eigenvalue weighted by Crippen LogP contribution is -2.17. The molecule has 2 unspecified atom stereocenters. The first-order chi connectivity index (χ1) is 9.80. The van der Waals surface area contributed by atoms with Crippen molar-refractivity contribution in [2.45, 2.75) is 63.5 Å². The molecule has 0 radical (unpaired) electrons. The maximum Gasteiger partial charge on any atom is 0.243 e. The minimum absolute atomic E-state index is 0.159. The molecule has 1 N–H and O–H groups in total. The summed E-state index contributed by atoms with van der Waals surface area (Å²) in [5, 5.41) is 7.63. The van der Waals surface area contributed by atoms with E-state index in [9.17, 15) is 0 Å². The van der Waals surface area contributed by atoms with Crippen LogP contribution in [0.3, 0.4) is 0 Å². The Balaban J connectivity index is 1.64. The van der Waals surface area contributed by atoms with E-state index in [0.29, 0.717) is 5.92 Å². The first kappa shape index (κ1) is 14.0. The van der Waals surface area contributed by atoms with Gasteiger partial charge in [0.25, 0.3) is 0 Å². The van der Waals surface area contributed by atoms with E-state index in [4.69, 9.17) is 9.26 Å². The van der Waals surface area contributed by atoms with E-state index in [1.54, 1.807) is 7.11 Å². The van der Waals surface area contributed by atoms with Gasteiger partial charge in [-0.2, -0.15) is 4.98 Å². The Morgan fingerprint density at radius 3 is 3.00 bits per heavy atom. The first-order valence-corrected chi connectivity index (χ1v) is 7.89. The standard InChI is InChI=1S/C15H25N3O2/c1-3-10-5-4-6-11(7-10)14-17-15(20-18-14)13-8-12(19-2)9-16-13/h10-13,16H,3-9H2,1-2H3/t10?,11?,12-,13+/m0/s1. The largest absolute Gasteiger partial charge is 0.380 e. The Kier molecular flexibility index (Phi) is 4.36. The van der Waals surface area contributed by atoms with E-state index in [1.807, 2.05) is 0 Å². The van der Waals surface area contributed by atoms with Crippen LogP contribution in [0.15, 0.2) is 4.52 Å². The van der Waals surface area contributed by atoms with Crippen molar-refractivity contribution in [1.29, 1.82) is 0 Å². The van der Waals surface area contributed by atoms with Crippen LogP contribution in [0.25, 0.3) is 0 Å². The predicted molar refractivity (Wildman–Crippen MR) is 75.4 cm³/mol. The molecule has 2 aliphatic rings. The van der Waals surface area contributed by atoms with E-state index < -0.39 is 0 Å². The molecule has 1 aromatic heterocycles. The first-order valence-electron chi connectivity index (χ1n) is 7.89. The maximum atomic E-state index is 5.48. The molecular weight excluding hydrogens is 254 g/mol. The van der Waals surface area contributed by atoms with Crippen LogP contribution in [0.2, 0.25) is 0 Å². The molecule has 1 aliphatic heterocycles. The van der Waals surface area contributed by atoms with Crippen molar-refractivity contribution in [2.75, 3.05) is 13.7 Å². The van der Waals surface area contributed by atoms with Crippen molar-refractivity contribution in [2.24, 2.45) is 5.92 Å². The summed E-state index contributed by atoms with van der Waals surface area (Å²) >= 11 is 0. The number of ether oxygens (including phenoxy) is 1. The summed E-state index contributed by atoms with van der Waals surface area (Å²) in [6.07, 6.45) is 7.51. The minimum Gasteiger partial charge on any atom is -0.380 e. The number of hydrogen-bond donors (Lipinski definition) is 1. The fraction of sp³-hybridized carbons (Fsp3) is 0.867. The number of nitrogens with one attached hydrogen (secondary N) is 1. The Morgan fingerprint density at radius 1 is 1.35 bits per heavy atom. The second kappa shape index (κ2) is 6.22. The molecule has 1 saturated carbocycles. The highest BCUT2D eigenvalue weighted by Crippen LogP contribution is 2.36. The zero-order valence-corrected chi connectivity index (χ0v) is 12.5. The zero-order valence-electron chi connectivity index (χ0n) is 12.5. The second-order valence-electron chi connectivity index (χ2n) is 6.18. The molecule has 0 amide bonds. The van der Waals surface area contributed by atoms with Gasteiger partial charge in [-0.15, -0.1) is 0 Å². The van der Waals surface area contributed by atoms with Crippen molar-refractivity contribution >= 4 is 0 Å². The Morgan fingerprint density at radius 2 is 2.25 bits per heavy atom. The molecular formula is C15H25N3O2. The van der Waals surface area contributed by atoms with Crippen molar-refractivity contribution < 1.29 is 9.26 Å². The molecule has 1 aromatic rings. The molecule has 5 heteroatoms. The van der Waals surface area contributed by atoms with Gasteiger partial charge in [-0.25, -0.2) is 0 Å². The topological polar surface area (TPSA) is 60.2 Å².